The second-order valence-corrected chi connectivity index (χ2v) is 8.44. The fraction of sp³-hybridized carbons (Fsp3) is 0.300. The van der Waals surface area contributed by atoms with Crippen molar-refractivity contribution in [1.82, 2.24) is 19.9 Å². The van der Waals surface area contributed by atoms with Gasteiger partial charge in [0.25, 0.3) is 0 Å². The summed E-state index contributed by atoms with van der Waals surface area (Å²) in [6, 6.07) is 5.31. The molecule has 0 bridgehead atoms. The van der Waals surface area contributed by atoms with E-state index in [0.29, 0.717) is 23.9 Å². The smallest absolute Gasteiger partial charge is 0.314 e. The highest BCUT2D eigenvalue weighted by molar-refractivity contribution is 7.15. The van der Waals surface area contributed by atoms with Crippen molar-refractivity contribution < 1.29 is 14.3 Å². The van der Waals surface area contributed by atoms with Gasteiger partial charge in [-0.25, -0.2) is 24.1 Å². The van der Waals surface area contributed by atoms with Gasteiger partial charge in [0.05, 0.1) is 23.3 Å². The number of benzene rings is 1. The number of thiazole rings is 1. The van der Waals surface area contributed by atoms with Crippen LogP contribution in [0.2, 0.25) is 0 Å². The number of nitrogens with one attached hydrogen (secondary N) is 1. The van der Waals surface area contributed by atoms with Crippen LogP contribution < -0.4 is 11.1 Å². The summed E-state index contributed by atoms with van der Waals surface area (Å²) >= 11 is 1.38. The molecule has 2 aromatic heterocycles. The van der Waals surface area contributed by atoms with E-state index in [1.54, 1.807) is 13.1 Å². The van der Waals surface area contributed by atoms with Crippen LogP contribution in [-0.2, 0) is 5.60 Å². The Bertz CT molecular complexity index is 1120. The first-order valence-electron chi connectivity index (χ1n) is 9.35. The predicted octanol–water partition coefficient (Wildman–Crippen LogP) is 3.07. The maximum absolute atomic E-state index is 13.4. The third-order valence-corrected chi connectivity index (χ3v) is 6.24. The number of halogens is 1. The summed E-state index contributed by atoms with van der Waals surface area (Å²) in [6.45, 7) is 4.08. The van der Waals surface area contributed by atoms with Crippen molar-refractivity contribution in [3.8, 4) is 10.4 Å². The molecule has 1 aliphatic heterocycles. The number of hydrogen-bond acceptors (Lipinski definition) is 7. The third kappa shape index (κ3) is 3.96. The van der Waals surface area contributed by atoms with E-state index in [1.807, 2.05) is 25.1 Å². The van der Waals surface area contributed by atoms with E-state index in [2.05, 4.69) is 20.3 Å². The van der Waals surface area contributed by atoms with Crippen molar-refractivity contribution in [2.75, 3.05) is 18.4 Å². The number of amides is 2. The Kier molecular flexibility index (Phi) is 5.12. The van der Waals surface area contributed by atoms with Crippen LogP contribution in [0.25, 0.3) is 10.4 Å². The van der Waals surface area contributed by atoms with Crippen molar-refractivity contribution in [2.24, 2.45) is 5.73 Å². The van der Waals surface area contributed by atoms with E-state index in [9.17, 15) is 14.3 Å². The predicted molar refractivity (Wildman–Crippen MR) is 112 cm³/mol. The number of carbonyl (C=O) groups excluding carboxylic acids is 1. The van der Waals surface area contributed by atoms with Crippen LogP contribution in [0, 0.1) is 19.7 Å². The highest BCUT2D eigenvalue weighted by Gasteiger charge is 2.41. The molecule has 4 rings (SSSR count). The van der Waals surface area contributed by atoms with E-state index in [-0.39, 0.29) is 12.2 Å². The average Bonchev–Trinajstić information content (AvgIpc) is 3.33. The number of urea groups is 1. The third-order valence-electron chi connectivity index (χ3n) is 5.00. The molecule has 1 aromatic carbocycles. The molecule has 0 aliphatic carbocycles. The van der Waals surface area contributed by atoms with Crippen LogP contribution in [0.15, 0.2) is 30.6 Å². The Hall–Kier alpha value is -3.11. The minimum absolute atomic E-state index is 0.136. The number of β-amino-alcohol motifs (C(OH)–C–C–N with tert-alkyl or cyclic N) is 1. The van der Waals surface area contributed by atoms with Gasteiger partial charge in [-0.15, -0.1) is 11.3 Å². The molecule has 1 fully saturated rings. The Labute approximate surface area is 176 Å². The van der Waals surface area contributed by atoms with Crippen LogP contribution in [0.1, 0.15) is 22.7 Å². The van der Waals surface area contributed by atoms with Gasteiger partial charge >= 0.3 is 6.03 Å². The van der Waals surface area contributed by atoms with E-state index < -0.39 is 17.4 Å². The summed E-state index contributed by atoms with van der Waals surface area (Å²) in [4.78, 5) is 26.2. The van der Waals surface area contributed by atoms with Gasteiger partial charge in [0.1, 0.15) is 10.6 Å². The van der Waals surface area contributed by atoms with E-state index in [0.717, 1.165) is 27.9 Å². The molecule has 1 atom stereocenters. The van der Waals surface area contributed by atoms with Gasteiger partial charge in [-0.1, -0.05) is 6.07 Å². The summed E-state index contributed by atoms with van der Waals surface area (Å²) in [5, 5.41) is 14.6. The molecule has 0 spiro atoms. The fourth-order valence-corrected chi connectivity index (χ4v) is 4.43. The first-order chi connectivity index (χ1) is 14.2. The minimum atomic E-state index is -1.19. The molecular formula is C20H21FN6O2S. The zero-order valence-corrected chi connectivity index (χ0v) is 17.3. The highest BCUT2D eigenvalue weighted by Crippen LogP contribution is 2.38. The maximum atomic E-state index is 13.4. The number of rotatable bonds is 4. The van der Waals surface area contributed by atoms with Crippen molar-refractivity contribution >= 4 is 29.0 Å². The Morgan fingerprint density at radius 2 is 2.10 bits per heavy atom. The molecule has 4 N–H and O–H groups in total. The lowest BCUT2D eigenvalue weighted by Gasteiger charge is -2.19. The van der Waals surface area contributed by atoms with Gasteiger partial charge in [-0.2, -0.15) is 0 Å². The van der Waals surface area contributed by atoms with Gasteiger partial charge in [0.2, 0.25) is 5.95 Å². The van der Waals surface area contributed by atoms with Crippen LogP contribution in [0.3, 0.4) is 0 Å². The molecule has 3 aromatic rings. The van der Waals surface area contributed by atoms with Crippen molar-refractivity contribution in [3.05, 3.63) is 52.7 Å². The number of nitrogens with zero attached hydrogens (tertiary/aromatic N) is 4. The number of anilines is 2. The summed E-state index contributed by atoms with van der Waals surface area (Å²) < 4.78 is 13.4. The molecule has 0 saturated carbocycles. The summed E-state index contributed by atoms with van der Waals surface area (Å²) in [5.41, 5.74) is 7.07. The summed E-state index contributed by atoms with van der Waals surface area (Å²) in [5.74, 6) is -0.148. The molecule has 30 heavy (non-hydrogen) atoms. The highest BCUT2D eigenvalue weighted by atomic mass is 32.1. The van der Waals surface area contributed by atoms with Crippen LogP contribution in [-0.4, -0.2) is 44.1 Å². The number of primary amides is 1. The molecule has 0 radical (unpaired) electrons. The number of aliphatic hydroxyl groups is 1. The molecule has 1 aliphatic rings. The molecule has 1 saturated heterocycles. The zero-order chi connectivity index (χ0) is 21.5. The van der Waals surface area contributed by atoms with E-state index in [4.69, 9.17) is 5.73 Å². The zero-order valence-electron chi connectivity index (χ0n) is 16.5. The van der Waals surface area contributed by atoms with Gasteiger partial charge in [0.15, 0.2) is 5.82 Å². The van der Waals surface area contributed by atoms with Crippen LogP contribution in [0.4, 0.5) is 20.8 Å². The molecule has 2 amide bonds. The lowest BCUT2D eigenvalue weighted by molar-refractivity contribution is 0.0496. The Balaban J connectivity index is 1.59. The second kappa shape index (κ2) is 7.62. The SMILES string of the molecule is Cc1cc(Nc2ncc(F)c(C)n2)cc(-c2cnc(C3(O)CCN(C(N)=O)C3)s2)c1. The molecule has 1 unspecified atom stereocenters. The second-order valence-electron chi connectivity index (χ2n) is 7.41. The quantitative estimate of drug-likeness (QED) is 0.588. The molecule has 3 heterocycles. The summed E-state index contributed by atoms with van der Waals surface area (Å²) in [6.07, 6.45) is 3.24. The lowest BCUT2D eigenvalue weighted by Crippen LogP contribution is -2.37. The lowest BCUT2D eigenvalue weighted by atomic mass is 10.1. The van der Waals surface area contributed by atoms with Crippen LogP contribution >= 0.6 is 11.3 Å². The summed E-state index contributed by atoms with van der Waals surface area (Å²) in [7, 11) is 0. The number of hydrogen-bond donors (Lipinski definition) is 3. The Morgan fingerprint density at radius 3 is 2.80 bits per heavy atom. The van der Waals surface area contributed by atoms with Gasteiger partial charge in [-0.3, -0.25) is 0 Å². The topological polar surface area (TPSA) is 117 Å². The average molecular weight is 428 g/mol. The number of aryl methyl sites for hydroxylation is 2. The monoisotopic (exact) mass is 428 g/mol. The molecular weight excluding hydrogens is 407 g/mol. The first-order valence-corrected chi connectivity index (χ1v) is 10.2. The van der Waals surface area contributed by atoms with E-state index in [1.165, 1.54) is 16.2 Å². The van der Waals surface area contributed by atoms with Gasteiger partial charge < -0.3 is 21.1 Å². The van der Waals surface area contributed by atoms with Crippen molar-refractivity contribution in [2.45, 2.75) is 25.9 Å². The molecule has 8 nitrogen and oxygen atoms in total. The molecule has 156 valence electrons. The first kappa shape index (κ1) is 20.2. The van der Waals surface area contributed by atoms with E-state index >= 15 is 0 Å². The normalized spacial score (nSPS) is 18.6. The number of carbonyl (C=O) groups is 1. The van der Waals surface area contributed by atoms with Gasteiger partial charge in [0, 0.05) is 24.8 Å². The largest absolute Gasteiger partial charge is 0.381 e. The van der Waals surface area contributed by atoms with Gasteiger partial charge in [-0.05, 0) is 37.1 Å². The molecule has 10 heteroatoms. The minimum Gasteiger partial charge on any atom is -0.381 e. The fourth-order valence-electron chi connectivity index (χ4n) is 3.42. The van der Waals surface area contributed by atoms with Crippen LogP contribution in [0.5, 0.6) is 0 Å². The van der Waals surface area contributed by atoms with Crippen molar-refractivity contribution in [1.29, 1.82) is 0 Å². The number of aromatic nitrogens is 3. The Morgan fingerprint density at radius 1 is 1.30 bits per heavy atom. The standard InChI is InChI=1S/C20H21FN6O2S/c1-11-5-13(7-14(6-11)26-19-24-8-15(21)12(2)25-19)16-9-23-17(30-16)20(29)3-4-27(10-20)18(22)28/h5-9,29H,3-4,10H2,1-2H3,(H2,22,28)(H,24,25,26). The maximum Gasteiger partial charge on any atom is 0.314 e. The number of likely N-dealkylation sites (tertiary alicyclic amines) is 1. The van der Waals surface area contributed by atoms with Crippen molar-refractivity contribution in [3.63, 3.8) is 0 Å². The number of nitrogens with two attached hydrogens (primary N) is 1.